The molecule has 0 radical (unpaired) electrons. The Morgan fingerprint density at radius 1 is 1.44 bits per heavy atom. The molecule has 1 atom stereocenters. The molecule has 0 aromatic heterocycles. The molecular weight excluding hydrogens is 222 g/mol. The first-order valence-electron chi connectivity index (χ1n) is 5.77. The van der Waals surface area contributed by atoms with Gasteiger partial charge in [-0.1, -0.05) is 29.8 Å². The van der Waals surface area contributed by atoms with Gasteiger partial charge in [0, 0.05) is 24.7 Å². The van der Waals surface area contributed by atoms with Crippen LogP contribution in [-0.4, -0.2) is 19.8 Å². The van der Waals surface area contributed by atoms with Gasteiger partial charge in [0.25, 0.3) is 0 Å². The van der Waals surface area contributed by atoms with Crippen molar-refractivity contribution in [1.29, 1.82) is 0 Å². The van der Waals surface area contributed by atoms with Gasteiger partial charge in [0.1, 0.15) is 0 Å². The monoisotopic (exact) mass is 239 g/mol. The van der Waals surface area contributed by atoms with Crippen molar-refractivity contribution >= 4 is 11.6 Å². The van der Waals surface area contributed by atoms with Gasteiger partial charge < -0.3 is 10.1 Å². The quantitative estimate of drug-likeness (QED) is 0.824. The lowest BCUT2D eigenvalue weighted by Gasteiger charge is -2.17. The Morgan fingerprint density at radius 2 is 2.19 bits per heavy atom. The Labute approximate surface area is 102 Å². The second kappa shape index (κ2) is 5.67. The second-order valence-corrected chi connectivity index (χ2v) is 4.78. The molecule has 1 aliphatic carbocycles. The van der Waals surface area contributed by atoms with E-state index in [1.54, 1.807) is 7.11 Å². The fourth-order valence-corrected chi connectivity index (χ4v) is 2.13. The topological polar surface area (TPSA) is 21.3 Å². The molecule has 0 bridgehead atoms. The van der Waals surface area contributed by atoms with E-state index < -0.39 is 0 Å². The van der Waals surface area contributed by atoms with E-state index in [0.29, 0.717) is 6.04 Å². The van der Waals surface area contributed by atoms with Crippen LogP contribution in [0, 0.1) is 5.92 Å². The van der Waals surface area contributed by atoms with Crippen LogP contribution >= 0.6 is 11.6 Å². The van der Waals surface area contributed by atoms with Crippen LogP contribution in [0.1, 0.15) is 18.4 Å². The molecule has 2 nitrogen and oxygen atoms in total. The van der Waals surface area contributed by atoms with Crippen molar-refractivity contribution in [3.05, 3.63) is 34.9 Å². The summed E-state index contributed by atoms with van der Waals surface area (Å²) in [5.41, 5.74) is 1.16. The van der Waals surface area contributed by atoms with Gasteiger partial charge in [-0.15, -0.1) is 0 Å². The van der Waals surface area contributed by atoms with Crippen molar-refractivity contribution in [2.75, 3.05) is 13.7 Å². The summed E-state index contributed by atoms with van der Waals surface area (Å²) >= 11 is 6.11. The maximum atomic E-state index is 6.11. The summed E-state index contributed by atoms with van der Waals surface area (Å²) in [7, 11) is 1.76. The molecule has 0 spiro atoms. The lowest BCUT2D eigenvalue weighted by molar-refractivity contribution is 0.157. The molecule has 88 valence electrons. The molecule has 1 aromatic rings. The highest BCUT2D eigenvalue weighted by atomic mass is 35.5. The van der Waals surface area contributed by atoms with Crippen LogP contribution in [0.5, 0.6) is 0 Å². The van der Waals surface area contributed by atoms with E-state index in [0.717, 1.165) is 29.7 Å². The molecule has 0 amide bonds. The molecule has 1 saturated carbocycles. The number of benzene rings is 1. The number of rotatable bonds is 6. The number of halogens is 1. The highest BCUT2D eigenvalue weighted by Crippen LogP contribution is 2.33. The number of ether oxygens (including phenoxy) is 1. The van der Waals surface area contributed by atoms with Crippen LogP contribution < -0.4 is 5.32 Å². The summed E-state index contributed by atoms with van der Waals surface area (Å²) in [5.74, 6) is 0.794. The standard InChI is InChI=1S/C13H18ClNO/c1-16-9-13(10-6-7-10)15-8-11-4-2-3-5-12(11)14/h2-5,10,13,15H,6-9H2,1H3. The van der Waals surface area contributed by atoms with Gasteiger partial charge in [-0.3, -0.25) is 0 Å². The lowest BCUT2D eigenvalue weighted by Crippen LogP contribution is -2.34. The van der Waals surface area contributed by atoms with Crippen molar-refractivity contribution < 1.29 is 4.74 Å². The minimum Gasteiger partial charge on any atom is -0.383 e. The smallest absolute Gasteiger partial charge is 0.0618 e. The van der Waals surface area contributed by atoms with Crippen LogP contribution in [0.15, 0.2) is 24.3 Å². The third-order valence-electron chi connectivity index (χ3n) is 3.05. The molecule has 2 rings (SSSR count). The van der Waals surface area contributed by atoms with E-state index in [2.05, 4.69) is 11.4 Å². The zero-order chi connectivity index (χ0) is 11.4. The van der Waals surface area contributed by atoms with Crippen molar-refractivity contribution in [2.24, 2.45) is 5.92 Å². The summed E-state index contributed by atoms with van der Waals surface area (Å²) in [6.45, 7) is 1.61. The van der Waals surface area contributed by atoms with E-state index in [-0.39, 0.29) is 0 Å². The van der Waals surface area contributed by atoms with E-state index >= 15 is 0 Å². The van der Waals surface area contributed by atoms with Crippen LogP contribution in [-0.2, 0) is 11.3 Å². The Hall–Kier alpha value is -0.570. The van der Waals surface area contributed by atoms with Crippen LogP contribution in [0.2, 0.25) is 5.02 Å². The summed E-state index contributed by atoms with van der Waals surface area (Å²) in [4.78, 5) is 0. The summed E-state index contributed by atoms with van der Waals surface area (Å²) in [6, 6.07) is 8.44. The number of methoxy groups -OCH3 is 1. The summed E-state index contributed by atoms with van der Waals surface area (Å²) in [6.07, 6.45) is 2.65. The van der Waals surface area contributed by atoms with Crippen LogP contribution in [0.3, 0.4) is 0 Å². The molecular formula is C13H18ClNO. The molecule has 1 N–H and O–H groups in total. The Kier molecular flexibility index (Phi) is 4.22. The van der Waals surface area contributed by atoms with Crippen LogP contribution in [0.4, 0.5) is 0 Å². The summed E-state index contributed by atoms with van der Waals surface area (Å²) in [5, 5.41) is 4.37. The Morgan fingerprint density at radius 3 is 2.81 bits per heavy atom. The Balaban J connectivity index is 1.87. The van der Waals surface area contributed by atoms with Gasteiger partial charge in [0.15, 0.2) is 0 Å². The third kappa shape index (κ3) is 3.21. The molecule has 3 heteroatoms. The van der Waals surface area contributed by atoms with Gasteiger partial charge >= 0.3 is 0 Å². The Bertz CT molecular complexity index is 338. The molecule has 1 aliphatic rings. The zero-order valence-corrected chi connectivity index (χ0v) is 10.3. The average molecular weight is 240 g/mol. The number of hydrogen-bond acceptors (Lipinski definition) is 2. The van der Waals surface area contributed by atoms with Crippen molar-refractivity contribution in [3.8, 4) is 0 Å². The van der Waals surface area contributed by atoms with Gasteiger partial charge in [-0.05, 0) is 30.4 Å². The molecule has 0 heterocycles. The van der Waals surface area contributed by atoms with Crippen LogP contribution in [0.25, 0.3) is 0 Å². The first kappa shape index (κ1) is 11.9. The number of hydrogen-bond donors (Lipinski definition) is 1. The second-order valence-electron chi connectivity index (χ2n) is 4.37. The molecule has 0 aliphatic heterocycles. The SMILES string of the molecule is COCC(NCc1ccccc1Cl)C1CC1. The summed E-state index contributed by atoms with van der Waals surface area (Å²) < 4.78 is 5.23. The third-order valence-corrected chi connectivity index (χ3v) is 3.42. The largest absolute Gasteiger partial charge is 0.383 e. The minimum atomic E-state index is 0.473. The molecule has 1 unspecified atom stereocenters. The van der Waals surface area contributed by atoms with E-state index in [1.807, 2.05) is 18.2 Å². The van der Waals surface area contributed by atoms with Crippen molar-refractivity contribution in [3.63, 3.8) is 0 Å². The lowest BCUT2D eigenvalue weighted by atomic mass is 10.1. The maximum Gasteiger partial charge on any atom is 0.0618 e. The fourth-order valence-electron chi connectivity index (χ4n) is 1.92. The normalized spacial score (nSPS) is 17.4. The molecule has 0 saturated heterocycles. The first-order chi connectivity index (χ1) is 7.81. The van der Waals surface area contributed by atoms with E-state index in [1.165, 1.54) is 12.8 Å². The first-order valence-corrected chi connectivity index (χ1v) is 6.15. The molecule has 1 aromatic carbocycles. The zero-order valence-electron chi connectivity index (χ0n) is 9.58. The number of nitrogens with one attached hydrogen (secondary N) is 1. The minimum absolute atomic E-state index is 0.473. The highest BCUT2D eigenvalue weighted by Gasteiger charge is 2.30. The maximum absolute atomic E-state index is 6.11. The highest BCUT2D eigenvalue weighted by molar-refractivity contribution is 6.31. The van der Waals surface area contributed by atoms with Gasteiger partial charge in [0.2, 0.25) is 0 Å². The van der Waals surface area contributed by atoms with Crippen molar-refractivity contribution in [1.82, 2.24) is 5.32 Å². The van der Waals surface area contributed by atoms with Gasteiger partial charge in [0.05, 0.1) is 6.61 Å². The van der Waals surface area contributed by atoms with E-state index in [4.69, 9.17) is 16.3 Å². The van der Waals surface area contributed by atoms with Crippen molar-refractivity contribution in [2.45, 2.75) is 25.4 Å². The average Bonchev–Trinajstić information content (AvgIpc) is 3.10. The van der Waals surface area contributed by atoms with Gasteiger partial charge in [-0.25, -0.2) is 0 Å². The fraction of sp³-hybridized carbons (Fsp3) is 0.538. The van der Waals surface area contributed by atoms with E-state index in [9.17, 15) is 0 Å². The van der Waals surface area contributed by atoms with Gasteiger partial charge in [-0.2, -0.15) is 0 Å². The predicted octanol–water partition coefficient (Wildman–Crippen LogP) is 2.85. The molecule has 16 heavy (non-hydrogen) atoms. The predicted molar refractivity (Wildman–Crippen MR) is 66.7 cm³/mol. The molecule has 1 fully saturated rings.